The Balaban J connectivity index is 1.91. The van der Waals surface area contributed by atoms with Gasteiger partial charge in [0.2, 0.25) is 0 Å². The summed E-state index contributed by atoms with van der Waals surface area (Å²) in [5, 5.41) is 9.89. The number of allylic oxidation sites excluding steroid dienone is 1. The molecule has 0 saturated carbocycles. The molecule has 0 fully saturated rings. The fraction of sp³-hybridized carbons (Fsp3) is 0.200. The first-order chi connectivity index (χ1) is 12.6. The highest BCUT2D eigenvalue weighted by atomic mass is 16.5. The third-order valence-corrected chi connectivity index (χ3v) is 4.67. The molecule has 2 N–H and O–H groups in total. The third kappa shape index (κ3) is 2.55. The molecular formula is C20H18N2O4. The predicted octanol–water partition coefficient (Wildman–Crippen LogP) is 2.54. The van der Waals surface area contributed by atoms with Gasteiger partial charge in [-0.25, -0.2) is 4.98 Å². The number of H-pyrrole nitrogens is 1. The van der Waals surface area contributed by atoms with Crippen LogP contribution in [0, 0.1) is 0 Å². The number of aliphatic hydroxyl groups is 1. The minimum atomic E-state index is -0.275. The summed E-state index contributed by atoms with van der Waals surface area (Å²) in [7, 11) is 3.06. The van der Waals surface area contributed by atoms with Gasteiger partial charge >= 0.3 is 0 Å². The molecule has 0 bridgehead atoms. The van der Waals surface area contributed by atoms with Crippen molar-refractivity contribution in [2.24, 2.45) is 0 Å². The lowest BCUT2D eigenvalue weighted by Gasteiger charge is -2.10. The third-order valence-electron chi connectivity index (χ3n) is 4.67. The van der Waals surface area contributed by atoms with Gasteiger partial charge < -0.3 is 19.6 Å². The van der Waals surface area contributed by atoms with Gasteiger partial charge in [-0.1, -0.05) is 18.2 Å². The van der Waals surface area contributed by atoms with Crippen LogP contribution in [0.5, 0.6) is 11.5 Å². The zero-order chi connectivity index (χ0) is 18.3. The lowest BCUT2D eigenvalue weighted by molar-refractivity contribution is 0.350. The molecule has 1 heterocycles. The van der Waals surface area contributed by atoms with Gasteiger partial charge in [0.05, 0.1) is 26.3 Å². The number of benzene rings is 2. The zero-order valence-corrected chi connectivity index (χ0v) is 14.5. The van der Waals surface area contributed by atoms with Crippen LogP contribution in [0.4, 0.5) is 0 Å². The molecule has 0 atom stereocenters. The Morgan fingerprint density at radius 1 is 1.19 bits per heavy atom. The molecule has 0 amide bonds. The molecule has 3 aromatic rings. The van der Waals surface area contributed by atoms with E-state index < -0.39 is 0 Å². The average Bonchev–Trinajstić information content (AvgIpc) is 3.08. The van der Waals surface area contributed by atoms with Crippen molar-refractivity contribution in [2.75, 3.05) is 20.8 Å². The summed E-state index contributed by atoms with van der Waals surface area (Å²) in [5.74, 6) is 1.45. The molecule has 6 nitrogen and oxygen atoms in total. The second-order valence-electron chi connectivity index (χ2n) is 6.10. The van der Waals surface area contributed by atoms with Crippen molar-refractivity contribution in [2.45, 2.75) is 6.42 Å². The van der Waals surface area contributed by atoms with Gasteiger partial charge in [0.1, 0.15) is 22.7 Å². The zero-order valence-electron chi connectivity index (χ0n) is 14.5. The fourth-order valence-corrected chi connectivity index (χ4v) is 3.32. The summed E-state index contributed by atoms with van der Waals surface area (Å²) in [6.45, 7) is -0.00742. The molecule has 1 aliphatic rings. The highest BCUT2D eigenvalue weighted by Crippen LogP contribution is 2.32. The van der Waals surface area contributed by atoms with Gasteiger partial charge in [0.15, 0.2) is 0 Å². The maximum Gasteiger partial charge on any atom is 0.262 e. The number of nitrogens with zero attached hydrogens (tertiary/aromatic N) is 1. The van der Waals surface area contributed by atoms with Crippen LogP contribution in [-0.2, 0) is 6.42 Å². The van der Waals surface area contributed by atoms with Gasteiger partial charge in [0, 0.05) is 17.7 Å². The molecule has 2 aromatic carbocycles. The number of methoxy groups -OCH3 is 2. The van der Waals surface area contributed by atoms with Crippen molar-refractivity contribution in [1.29, 1.82) is 0 Å². The lowest BCUT2D eigenvalue weighted by atomic mass is 10.0. The van der Waals surface area contributed by atoms with Crippen molar-refractivity contribution in [1.82, 2.24) is 9.97 Å². The first-order valence-electron chi connectivity index (χ1n) is 8.24. The van der Waals surface area contributed by atoms with Crippen molar-refractivity contribution in [3.8, 4) is 22.9 Å². The second-order valence-corrected chi connectivity index (χ2v) is 6.10. The van der Waals surface area contributed by atoms with Crippen LogP contribution in [0.1, 0.15) is 11.1 Å². The first-order valence-corrected chi connectivity index (χ1v) is 8.24. The molecule has 0 saturated heterocycles. The van der Waals surface area contributed by atoms with E-state index in [0.717, 1.165) is 28.7 Å². The van der Waals surface area contributed by atoms with E-state index in [1.54, 1.807) is 19.2 Å². The number of aromatic amines is 1. The van der Waals surface area contributed by atoms with Crippen LogP contribution >= 0.6 is 0 Å². The summed E-state index contributed by atoms with van der Waals surface area (Å²) >= 11 is 0. The van der Waals surface area contributed by atoms with Crippen LogP contribution in [0.25, 0.3) is 27.9 Å². The van der Waals surface area contributed by atoms with Crippen molar-refractivity contribution in [3.05, 3.63) is 57.9 Å². The van der Waals surface area contributed by atoms with Gasteiger partial charge in [-0.05, 0) is 29.2 Å². The number of aromatic nitrogens is 2. The number of nitrogens with one attached hydrogen (secondary N) is 1. The van der Waals surface area contributed by atoms with E-state index in [0.29, 0.717) is 28.2 Å². The van der Waals surface area contributed by atoms with Crippen LogP contribution < -0.4 is 15.0 Å². The van der Waals surface area contributed by atoms with Crippen LogP contribution in [0.3, 0.4) is 0 Å². The van der Waals surface area contributed by atoms with Crippen LogP contribution in [0.15, 0.2) is 41.2 Å². The summed E-state index contributed by atoms with van der Waals surface area (Å²) in [5.41, 5.74) is 4.06. The van der Waals surface area contributed by atoms with Gasteiger partial charge in [-0.15, -0.1) is 0 Å². The first kappa shape index (κ1) is 16.4. The molecule has 6 heteroatoms. The number of aliphatic hydroxyl groups excluding tert-OH is 1. The second kappa shape index (κ2) is 6.31. The maximum atomic E-state index is 12.6. The molecule has 1 aromatic heterocycles. The lowest BCUT2D eigenvalue weighted by Crippen LogP contribution is -2.11. The topological polar surface area (TPSA) is 84.4 Å². The van der Waals surface area contributed by atoms with Crippen molar-refractivity contribution < 1.29 is 14.6 Å². The van der Waals surface area contributed by atoms with E-state index >= 15 is 0 Å². The Morgan fingerprint density at radius 2 is 2.04 bits per heavy atom. The quantitative estimate of drug-likeness (QED) is 0.755. The molecule has 4 rings (SSSR count). The Bertz CT molecular complexity index is 1100. The Kier molecular flexibility index (Phi) is 3.97. The summed E-state index contributed by atoms with van der Waals surface area (Å²) in [6, 6.07) is 9.25. The highest BCUT2D eigenvalue weighted by molar-refractivity contribution is 5.87. The normalized spacial score (nSPS) is 12.8. The van der Waals surface area contributed by atoms with E-state index in [9.17, 15) is 9.90 Å². The molecule has 0 unspecified atom stereocenters. The molecule has 0 spiro atoms. The Hall–Kier alpha value is -3.12. The SMILES string of the molecule is COc1cc(OC)c2c(=O)[nH]c(-c3ccc4c(c3)C(CO)=CC4)nc2c1. The van der Waals surface area contributed by atoms with Gasteiger partial charge in [-0.2, -0.15) is 0 Å². The van der Waals surface area contributed by atoms with Gasteiger partial charge in [0.25, 0.3) is 5.56 Å². The highest BCUT2D eigenvalue weighted by Gasteiger charge is 2.17. The van der Waals surface area contributed by atoms with E-state index in [1.807, 2.05) is 24.3 Å². The maximum absolute atomic E-state index is 12.6. The summed E-state index contributed by atoms with van der Waals surface area (Å²) in [4.78, 5) is 20.1. The molecule has 1 aliphatic carbocycles. The molecule has 26 heavy (non-hydrogen) atoms. The van der Waals surface area contributed by atoms with Gasteiger partial charge in [-0.3, -0.25) is 4.79 Å². The molecular weight excluding hydrogens is 332 g/mol. The number of rotatable bonds is 4. The average molecular weight is 350 g/mol. The minimum absolute atomic E-state index is 0.00742. The van der Waals surface area contributed by atoms with E-state index in [1.165, 1.54) is 7.11 Å². The number of hydrogen-bond acceptors (Lipinski definition) is 5. The van der Waals surface area contributed by atoms with E-state index in [4.69, 9.17) is 9.47 Å². The molecule has 0 radical (unpaired) electrons. The standard InChI is InChI=1S/C20H18N2O4/c1-25-14-8-16-18(17(9-14)26-2)20(24)22-19(21-16)12-5-3-11-4-6-13(10-23)15(11)7-12/h3,5-9,23H,4,10H2,1-2H3,(H,21,22,24). The van der Waals surface area contributed by atoms with E-state index in [2.05, 4.69) is 9.97 Å². The summed E-state index contributed by atoms with van der Waals surface area (Å²) in [6.07, 6.45) is 2.82. The Morgan fingerprint density at radius 3 is 2.77 bits per heavy atom. The fourth-order valence-electron chi connectivity index (χ4n) is 3.32. The summed E-state index contributed by atoms with van der Waals surface area (Å²) < 4.78 is 10.6. The smallest absolute Gasteiger partial charge is 0.262 e. The number of ether oxygens (including phenoxy) is 2. The Labute approximate surface area is 149 Å². The largest absolute Gasteiger partial charge is 0.497 e. The van der Waals surface area contributed by atoms with Crippen LogP contribution in [-0.4, -0.2) is 35.9 Å². The molecule has 132 valence electrons. The molecule has 0 aliphatic heterocycles. The number of fused-ring (bicyclic) bond motifs is 2. The van der Waals surface area contributed by atoms with Crippen molar-refractivity contribution >= 4 is 16.5 Å². The van der Waals surface area contributed by atoms with E-state index in [-0.39, 0.29) is 12.2 Å². The predicted molar refractivity (Wildman–Crippen MR) is 99.7 cm³/mol. The minimum Gasteiger partial charge on any atom is -0.497 e. The van der Waals surface area contributed by atoms with Crippen molar-refractivity contribution in [3.63, 3.8) is 0 Å². The number of hydrogen-bond donors (Lipinski definition) is 2. The van der Waals surface area contributed by atoms with Crippen LogP contribution in [0.2, 0.25) is 0 Å². The monoisotopic (exact) mass is 350 g/mol.